The molecular formula is C57H104O6. The zero-order valence-corrected chi connectivity index (χ0v) is 42.1. The van der Waals surface area contributed by atoms with Crippen molar-refractivity contribution in [3.05, 3.63) is 36.5 Å². The van der Waals surface area contributed by atoms with E-state index in [0.717, 1.165) is 70.6 Å². The summed E-state index contributed by atoms with van der Waals surface area (Å²) in [6.45, 7) is 6.60. The van der Waals surface area contributed by atoms with Crippen LogP contribution >= 0.6 is 0 Å². The van der Waals surface area contributed by atoms with Crippen molar-refractivity contribution < 1.29 is 28.6 Å². The predicted molar refractivity (Wildman–Crippen MR) is 270 cm³/mol. The maximum absolute atomic E-state index is 12.8. The molecule has 0 saturated carbocycles. The molecule has 6 nitrogen and oxygen atoms in total. The van der Waals surface area contributed by atoms with Crippen LogP contribution in [-0.4, -0.2) is 37.2 Å². The van der Waals surface area contributed by atoms with E-state index in [1.807, 2.05) is 0 Å². The molecule has 0 aromatic rings. The first-order chi connectivity index (χ1) is 31.0. The van der Waals surface area contributed by atoms with Crippen molar-refractivity contribution in [1.82, 2.24) is 0 Å². The molecule has 0 rings (SSSR count). The second kappa shape index (κ2) is 52.3. The molecule has 0 heterocycles. The van der Waals surface area contributed by atoms with Crippen molar-refractivity contribution in [3.8, 4) is 0 Å². The molecule has 0 saturated heterocycles. The van der Waals surface area contributed by atoms with Gasteiger partial charge in [0.1, 0.15) is 13.2 Å². The number of rotatable bonds is 50. The zero-order chi connectivity index (χ0) is 45.8. The van der Waals surface area contributed by atoms with Gasteiger partial charge in [0, 0.05) is 19.3 Å². The van der Waals surface area contributed by atoms with Crippen LogP contribution in [0.1, 0.15) is 290 Å². The minimum absolute atomic E-state index is 0.0796. The summed E-state index contributed by atoms with van der Waals surface area (Å²) in [7, 11) is 0. The van der Waals surface area contributed by atoms with Gasteiger partial charge in [-0.25, -0.2) is 0 Å². The number of esters is 3. The lowest BCUT2D eigenvalue weighted by Crippen LogP contribution is -2.30. The van der Waals surface area contributed by atoms with Crippen molar-refractivity contribution in [2.24, 2.45) is 0 Å². The Bertz CT molecular complexity index is 1060. The average Bonchev–Trinajstić information content (AvgIpc) is 3.28. The van der Waals surface area contributed by atoms with Crippen LogP contribution in [0.3, 0.4) is 0 Å². The highest BCUT2D eigenvalue weighted by Crippen LogP contribution is 2.16. The van der Waals surface area contributed by atoms with Gasteiger partial charge in [-0.05, 0) is 57.8 Å². The number of carbonyl (C=O) groups is 3. The van der Waals surface area contributed by atoms with Crippen LogP contribution in [0.5, 0.6) is 0 Å². The van der Waals surface area contributed by atoms with Gasteiger partial charge in [-0.2, -0.15) is 0 Å². The molecule has 0 aliphatic rings. The van der Waals surface area contributed by atoms with Crippen LogP contribution in [0.4, 0.5) is 0 Å². The SMILES string of the molecule is CCCCC/C=C\C/C=C\C/C=C\CCCCC(=O)OC[C@H](COC(=O)CCCCCCCCCCCCCCCCCCCCC)OC(=O)CCCCCCCCCCCCC. The monoisotopic (exact) mass is 885 g/mol. The molecule has 0 amide bonds. The van der Waals surface area contributed by atoms with Crippen molar-refractivity contribution in [1.29, 1.82) is 0 Å². The van der Waals surface area contributed by atoms with Crippen LogP contribution in [0.2, 0.25) is 0 Å². The van der Waals surface area contributed by atoms with Gasteiger partial charge < -0.3 is 14.2 Å². The maximum Gasteiger partial charge on any atom is 0.306 e. The molecule has 0 fully saturated rings. The van der Waals surface area contributed by atoms with E-state index >= 15 is 0 Å². The van der Waals surface area contributed by atoms with Crippen LogP contribution in [0.15, 0.2) is 36.5 Å². The summed E-state index contributed by atoms with van der Waals surface area (Å²) in [5, 5.41) is 0. The molecule has 0 aliphatic heterocycles. The van der Waals surface area contributed by atoms with E-state index < -0.39 is 6.10 Å². The summed E-state index contributed by atoms with van der Waals surface area (Å²) in [4.78, 5) is 38.0. The van der Waals surface area contributed by atoms with Gasteiger partial charge in [0.25, 0.3) is 0 Å². The highest BCUT2D eigenvalue weighted by Gasteiger charge is 2.19. The zero-order valence-electron chi connectivity index (χ0n) is 42.1. The summed E-state index contributed by atoms with van der Waals surface area (Å²) in [5.41, 5.74) is 0. The lowest BCUT2D eigenvalue weighted by Gasteiger charge is -2.18. The van der Waals surface area contributed by atoms with E-state index in [4.69, 9.17) is 14.2 Å². The first-order valence-corrected chi connectivity index (χ1v) is 27.5. The molecule has 6 heteroatoms. The summed E-state index contributed by atoms with van der Waals surface area (Å²) < 4.78 is 16.8. The number of unbranched alkanes of at least 4 members (excludes halogenated alkanes) is 33. The number of hydrogen-bond acceptors (Lipinski definition) is 6. The molecule has 1 atom stereocenters. The highest BCUT2D eigenvalue weighted by atomic mass is 16.6. The first kappa shape index (κ1) is 60.6. The molecule has 368 valence electrons. The Morgan fingerprint density at radius 1 is 0.317 bits per heavy atom. The Hall–Kier alpha value is -2.37. The fraction of sp³-hybridized carbons (Fsp3) is 0.842. The van der Waals surface area contributed by atoms with E-state index in [1.165, 1.54) is 180 Å². The van der Waals surface area contributed by atoms with E-state index in [9.17, 15) is 14.4 Å². The third kappa shape index (κ3) is 50.5. The minimum atomic E-state index is -0.782. The van der Waals surface area contributed by atoms with E-state index in [0.29, 0.717) is 19.3 Å². The summed E-state index contributed by atoms with van der Waals surface area (Å²) in [5.74, 6) is -0.906. The number of allylic oxidation sites excluding steroid dienone is 6. The van der Waals surface area contributed by atoms with E-state index in [1.54, 1.807) is 0 Å². The molecule has 0 radical (unpaired) electrons. The standard InChI is InChI=1S/C57H104O6/c1-4-7-10-13-16-19-22-24-26-27-28-29-31-33-36-38-41-44-47-50-56(59)62-53-54(63-57(60)51-48-45-42-39-34-21-18-15-12-9-6-3)52-61-55(58)49-46-43-40-37-35-32-30-25-23-20-17-14-11-8-5-2/h17,20,25,30,35,37,54H,4-16,18-19,21-24,26-29,31-34,36,38-53H2,1-3H3/b20-17-,30-25-,37-35-/t54-/m1/s1. The topological polar surface area (TPSA) is 78.9 Å². The maximum atomic E-state index is 12.8. The van der Waals surface area contributed by atoms with Crippen LogP contribution in [0, 0.1) is 0 Å². The summed E-state index contributed by atoms with van der Waals surface area (Å²) >= 11 is 0. The smallest absolute Gasteiger partial charge is 0.306 e. The molecule has 0 bridgehead atoms. The van der Waals surface area contributed by atoms with Crippen LogP contribution in [-0.2, 0) is 28.6 Å². The lowest BCUT2D eigenvalue weighted by atomic mass is 10.0. The Kier molecular flexibility index (Phi) is 50.3. The van der Waals surface area contributed by atoms with Gasteiger partial charge >= 0.3 is 17.9 Å². The van der Waals surface area contributed by atoms with Gasteiger partial charge in [0.2, 0.25) is 0 Å². The fourth-order valence-corrected chi connectivity index (χ4v) is 7.98. The molecular weight excluding hydrogens is 781 g/mol. The second-order valence-corrected chi connectivity index (χ2v) is 18.5. The third-order valence-corrected chi connectivity index (χ3v) is 12.1. The summed E-state index contributed by atoms with van der Waals surface area (Å²) in [6.07, 6.45) is 61.4. The van der Waals surface area contributed by atoms with Crippen molar-refractivity contribution >= 4 is 17.9 Å². The number of hydrogen-bond donors (Lipinski definition) is 0. The van der Waals surface area contributed by atoms with E-state index in [-0.39, 0.29) is 31.1 Å². The molecule has 0 N–H and O–H groups in total. The Morgan fingerprint density at radius 2 is 0.571 bits per heavy atom. The highest BCUT2D eigenvalue weighted by molar-refractivity contribution is 5.71. The largest absolute Gasteiger partial charge is 0.462 e. The third-order valence-electron chi connectivity index (χ3n) is 12.1. The average molecular weight is 885 g/mol. The van der Waals surface area contributed by atoms with Crippen molar-refractivity contribution in [2.75, 3.05) is 13.2 Å². The molecule has 0 aromatic carbocycles. The fourth-order valence-electron chi connectivity index (χ4n) is 7.98. The lowest BCUT2D eigenvalue weighted by molar-refractivity contribution is -0.167. The van der Waals surface area contributed by atoms with Gasteiger partial charge in [0.15, 0.2) is 6.10 Å². The Labute approximate surface area is 391 Å². The number of carbonyl (C=O) groups excluding carboxylic acids is 3. The van der Waals surface area contributed by atoms with Crippen molar-refractivity contribution in [3.63, 3.8) is 0 Å². The number of ether oxygens (including phenoxy) is 3. The van der Waals surface area contributed by atoms with Gasteiger partial charge in [-0.3, -0.25) is 14.4 Å². The predicted octanol–water partition coefficient (Wildman–Crippen LogP) is 18.1. The molecule has 0 spiro atoms. The molecule has 63 heavy (non-hydrogen) atoms. The molecule has 0 unspecified atom stereocenters. The molecule has 0 aromatic heterocycles. The first-order valence-electron chi connectivity index (χ1n) is 27.5. The summed E-state index contributed by atoms with van der Waals surface area (Å²) in [6, 6.07) is 0. The Balaban J connectivity index is 4.32. The Morgan fingerprint density at radius 3 is 0.921 bits per heavy atom. The second-order valence-electron chi connectivity index (χ2n) is 18.5. The minimum Gasteiger partial charge on any atom is -0.462 e. The van der Waals surface area contributed by atoms with Crippen LogP contribution < -0.4 is 0 Å². The van der Waals surface area contributed by atoms with E-state index in [2.05, 4.69) is 57.2 Å². The van der Waals surface area contributed by atoms with Gasteiger partial charge in [-0.1, -0.05) is 250 Å². The van der Waals surface area contributed by atoms with Crippen LogP contribution in [0.25, 0.3) is 0 Å². The van der Waals surface area contributed by atoms with Crippen molar-refractivity contribution in [2.45, 2.75) is 297 Å². The normalized spacial score (nSPS) is 12.2. The van der Waals surface area contributed by atoms with Gasteiger partial charge in [0.05, 0.1) is 0 Å². The van der Waals surface area contributed by atoms with Gasteiger partial charge in [-0.15, -0.1) is 0 Å². The molecule has 0 aliphatic carbocycles. The quantitative estimate of drug-likeness (QED) is 0.0262.